The minimum Gasteiger partial charge on any atom is -0.358 e. The maximum atomic E-state index is 4.50. The van der Waals surface area contributed by atoms with Gasteiger partial charge in [-0.1, -0.05) is 12.2 Å². The monoisotopic (exact) mass is 142 g/mol. The molecule has 0 amide bonds. The molecule has 10 heavy (non-hydrogen) atoms. The van der Waals surface area contributed by atoms with Gasteiger partial charge in [-0.15, -0.1) is 0 Å². The number of hydrogen-bond donors (Lipinski definition) is 1. The highest BCUT2D eigenvalue weighted by Crippen LogP contribution is 1.83. The molecule has 0 heterocycles. The molecule has 0 radical (unpaired) electrons. The molecule has 0 aromatic heterocycles. The molecule has 0 saturated heterocycles. The summed E-state index contributed by atoms with van der Waals surface area (Å²) < 4.78 is 0. The van der Waals surface area contributed by atoms with Crippen LogP contribution in [0.3, 0.4) is 0 Å². The van der Waals surface area contributed by atoms with Gasteiger partial charge >= 0.3 is 0 Å². The molecule has 0 spiro atoms. The van der Waals surface area contributed by atoms with Crippen molar-refractivity contribution in [3.05, 3.63) is 24.6 Å². The summed E-state index contributed by atoms with van der Waals surface area (Å²) >= 11 is 0. The highest BCUT2D eigenvalue weighted by Gasteiger charge is 1.73. The van der Waals surface area contributed by atoms with E-state index in [1.54, 1.807) is 0 Å². The summed E-state index contributed by atoms with van der Waals surface area (Å²) in [5, 5.41) is 0. The number of rotatable bonds is 2. The standard InChI is InChI=1S/C7H13N.CH5N/c1-4-6-8(3)7-5-2;1-2/h4-7H,1-3H3;2H2,1H3/b6-4-,7-5-;. The zero-order valence-corrected chi connectivity index (χ0v) is 7.33. The van der Waals surface area contributed by atoms with E-state index in [9.17, 15) is 0 Å². The Balaban J connectivity index is 0. The Hall–Kier alpha value is -0.760. The molecule has 2 N–H and O–H groups in total. The van der Waals surface area contributed by atoms with Crippen molar-refractivity contribution in [2.45, 2.75) is 13.8 Å². The molecule has 0 fully saturated rings. The van der Waals surface area contributed by atoms with Crippen LogP contribution in [0.1, 0.15) is 13.8 Å². The van der Waals surface area contributed by atoms with Gasteiger partial charge in [0.25, 0.3) is 0 Å². The molecular formula is C8H18N2. The molecule has 0 bridgehead atoms. The molecule has 0 rings (SSSR count). The van der Waals surface area contributed by atoms with Gasteiger partial charge in [-0.25, -0.2) is 0 Å². The largest absolute Gasteiger partial charge is 0.358 e. The maximum absolute atomic E-state index is 4.50. The zero-order valence-electron chi connectivity index (χ0n) is 7.33. The van der Waals surface area contributed by atoms with Gasteiger partial charge in [-0.3, -0.25) is 0 Å². The third-order valence-electron chi connectivity index (χ3n) is 0.768. The van der Waals surface area contributed by atoms with E-state index in [0.29, 0.717) is 0 Å². The minimum absolute atomic E-state index is 1.50. The van der Waals surface area contributed by atoms with Crippen LogP contribution in [0.25, 0.3) is 0 Å². The summed E-state index contributed by atoms with van der Waals surface area (Å²) in [6.45, 7) is 4.00. The average molecular weight is 142 g/mol. The van der Waals surface area contributed by atoms with Gasteiger partial charge < -0.3 is 10.6 Å². The Bertz CT molecular complexity index is 83.4. The summed E-state index contributed by atoms with van der Waals surface area (Å²) in [5.74, 6) is 0. The first-order chi connectivity index (χ1) is 4.81. The SMILES string of the molecule is C/C=C\N(C)/C=C\C.CN. The molecule has 0 aliphatic heterocycles. The first kappa shape index (κ1) is 12.0. The first-order valence-electron chi connectivity index (χ1n) is 3.36. The molecular weight excluding hydrogens is 124 g/mol. The lowest BCUT2D eigenvalue weighted by Gasteiger charge is -2.03. The van der Waals surface area contributed by atoms with E-state index in [1.807, 2.05) is 50.3 Å². The van der Waals surface area contributed by atoms with Crippen LogP contribution in [-0.2, 0) is 0 Å². The Morgan fingerprint density at radius 2 is 1.30 bits per heavy atom. The van der Waals surface area contributed by atoms with Gasteiger partial charge in [0, 0.05) is 7.05 Å². The highest BCUT2D eigenvalue weighted by molar-refractivity contribution is 4.85. The highest BCUT2D eigenvalue weighted by atomic mass is 15.0. The second-order valence-electron chi connectivity index (χ2n) is 1.63. The fourth-order valence-corrected chi connectivity index (χ4v) is 0.520. The quantitative estimate of drug-likeness (QED) is 0.634. The van der Waals surface area contributed by atoms with Crippen LogP contribution < -0.4 is 5.73 Å². The number of hydrogen-bond acceptors (Lipinski definition) is 2. The van der Waals surface area contributed by atoms with E-state index in [1.165, 1.54) is 7.05 Å². The van der Waals surface area contributed by atoms with Crippen molar-refractivity contribution in [1.82, 2.24) is 4.90 Å². The van der Waals surface area contributed by atoms with Crippen LogP contribution >= 0.6 is 0 Å². The Labute approximate surface area is 64.0 Å². The van der Waals surface area contributed by atoms with Crippen LogP contribution in [0.4, 0.5) is 0 Å². The maximum Gasteiger partial charge on any atom is 0.0106 e. The fraction of sp³-hybridized carbons (Fsp3) is 0.500. The Kier molecular flexibility index (Phi) is 13.3. The fourth-order valence-electron chi connectivity index (χ4n) is 0.520. The van der Waals surface area contributed by atoms with Crippen molar-refractivity contribution in [3.63, 3.8) is 0 Å². The third-order valence-corrected chi connectivity index (χ3v) is 0.768. The summed E-state index contributed by atoms with van der Waals surface area (Å²) in [6, 6.07) is 0. The number of allylic oxidation sites excluding steroid dienone is 2. The summed E-state index contributed by atoms with van der Waals surface area (Å²) in [5.41, 5.74) is 4.50. The molecule has 2 nitrogen and oxygen atoms in total. The van der Waals surface area contributed by atoms with E-state index in [4.69, 9.17) is 0 Å². The predicted octanol–water partition coefficient (Wildman–Crippen LogP) is 1.56. The van der Waals surface area contributed by atoms with Crippen molar-refractivity contribution in [2.24, 2.45) is 5.73 Å². The van der Waals surface area contributed by atoms with Crippen LogP contribution in [0.15, 0.2) is 24.6 Å². The molecule has 0 atom stereocenters. The summed E-state index contributed by atoms with van der Waals surface area (Å²) in [6.07, 6.45) is 8.00. The van der Waals surface area contributed by atoms with Crippen LogP contribution in [0, 0.1) is 0 Å². The lowest BCUT2D eigenvalue weighted by atomic mass is 10.6. The third kappa shape index (κ3) is 10.3. The predicted molar refractivity (Wildman–Crippen MR) is 47.5 cm³/mol. The van der Waals surface area contributed by atoms with Gasteiger partial charge in [-0.2, -0.15) is 0 Å². The van der Waals surface area contributed by atoms with Gasteiger partial charge in [0.1, 0.15) is 0 Å². The second kappa shape index (κ2) is 11.1. The molecule has 0 unspecified atom stereocenters. The molecule has 60 valence electrons. The average Bonchev–Trinajstić information content (AvgIpc) is 1.93. The van der Waals surface area contributed by atoms with E-state index < -0.39 is 0 Å². The van der Waals surface area contributed by atoms with Crippen LogP contribution in [-0.4, -0.2) is 19.0 Å². The Morgan fingerprint density at radius 1 is 1.00 bits per heavy atom. The summed E-state index contributed by atoms with van der Waals surface area (Å²) in [7, 11) is 3.50. The summed E-state index contributed by atoms with van der Waals surface area (Å²) in [4.78, 5) is 2.00. The van der Waals surface area contributed by atoms with E-state index >= 15 is 0 Å². The van der Waals surface area contributed by atoms with Gasteiger partial charge in [0.2, 0.25) is 0 Å². The lowest BCUT2D eigenvalue weighted by Crippen LogP contribution is -1.97. The van der Waals surface area contributed by atoms with Gasteiger partial charge in [0.15, 0.2) is 0 Å². The van der Waals surface area contributed by atoms with Crippen molar-refractivity contribution in [3.8, 4) is 0 Å². The molecule has 0 aromatic rings. The number of nitrogens with zero attached hydrogens (tertiary/aromatic N) is 1. The Morgan fingerprint density at radius 3 is 1.50 bits per heavy atom. The van der Waals surface area contributed by atoms with Crippen molar-refractivity contribution >= 4 is 0 Å². The lowest BCUT2D eigenvalue weighted by molar-refractivity contribution is 0.624. The van der Waals surface area contributed by atoms with Gasteiger partial charge in [-0.05, 0) is 33.3 Å². The van der Waals surface area contributed by atoms with E-state index in [-0.39, 0.29) is 0 Å². The second-order valence-corrected chi connectivity index (χ2v) is 1.63. The van der Waals surface area contributed by atoms with Gasteiger partial charge in [0.05, 0.1) is 0 Å². The topological polar surface area (TPSA) is 29.3 Å². The van der Waals surface area contributed by atoms with E-state index in [2.05, 4.69) is 5.73 Å². The van der Waals surface area contributed by atoms with Crippen LogP contribution in [0.2, 0.25) is 0 Å². The van der Waals surface area contributed by atoms with Crippen molar-refractivity contribution in [1.29, 1.82) is 0 Å². The molecule has 2 heteroatoms. The van der Waals surface area contributed by atoms with E-state index in [0.717, 1.165) is 0 Å². The number of nitrogens with two attached hydrogens (primary N) is 1. The van der Waals surface area contributed by atoms with Crippen molar-refractivity contribution in [2.75, 3.05) is 14.1 Å². The first-order valence-corrected chi connectivity index (χ1v) is 3.36. The molecule has 0 saturated carbocycles. The molecule has 0 aromatic carbocycles. The molecule has 0 aliphatic carbocycles. The normalized spacial score (nSPS) is 9.70. The zero-order chi connectivity index (χ0) is 8.41. The minimum atomic E-state index is 1.50. The van der Waals surface area contributed by atoms with Crippen LogP contribution in [0.5, 0.6) is 0 Å². The van der Waals surface area contributed by atoms with Crippen molar-refractivity contribution < 1.29 is 0 Å². The molecule has 0 aliphatic rings. The smallest absolute Gasteiger partial charge is 0.0106 e.